The summed E-state index contributed by atoms with van der Waals surface area (Å²) in [4.78, 5) is 12.8. The predicted molar refractivity (Wildman–Crippen MR) is 93.2 cm³/mol. The van der Waals surface area contributed by atoms with Gasteiger partial charge in [-0.1, -0.05) is 20.3 Å². The van der Waals surface area contributed by atoms with Crippen LogP contribution in [0.5, 0.6) is 5.75 Å². The fraction of sp³-hybridized carbons (Fsp3) is 0.611. The molecular weight excluding hydrogens is 296 g/mol. The Hall–Kier alpha value is -1.00. The quantitative estimate of drug-likeness (QED) is 0.417. The van der Waals surface area contributed by atoms with E-state index in [1.807, 2.05) is 24.3 Å². The van der Waals surface area contributed by atoms with Gasteiger partial charge in [0.1, 0.15) is 17.3 Å². The summed E-state index contributed by atoms with van der Waals surface area (Å²) < 4.78 is 11.1. The minimum Gasteiger partial charge on any atom is -0.494 e. The van der Waals surface area contributed by atoms with Crippen molar-refractivity contribution in [3.05, 3.63) is 29.8 Å². The molecule has 4 heteroatoms. The van der Waals surface area contributed by atoms with Crippen LogP contribution in [-0.2, 0) is 15.6 Å². The lowest BCUT2D eigenvalue weighted by atomic mass is 10.1. The first kappa shape index (κ1) is 17.4. The molecule has 0 saturated carbocycles. The van der Waals surface area contributed by atoms with E-state index in [1.165, 1.54) is 0 Å². The number of unbranched alkanes of at least 4 members (excludes halogenated alkanes) is 1. The van der Waals surface area contributed by atoms with E-state index in [-0.39, 0.29) is 21.9 Å². The van der Waals surface area contributed by atoms with E-state index in [9.17, 15) is 4.79 Å². The predicted octanol–water partition coefficient (Wildman–Crippen LogP) is 3.48. The number of Topliss-reactive ketones (excluding diaryl/α,β-unsaturated/α-hetero) is 1. The van der Waals surface area contributed by atoms with Gasteiger partial charge in [0.15, 0.2) is 5.25 Å². The Morgan fingerprint density at radius 3 is 2.50 bits per heavy atom. The van der Waals surface area contributed by atoms with Crippen molar-refractivity contribution in [3.8, 4) is 5.75 Å². The highest BCUT2D eigenvalue weighted by molar-refractivity contribution is 7.98. The Morgan fingerprint density at radius 2 is 1.91 bits per heavy atom. The molecule has 2 rings (SSSR count). The SMILES string of the molecule is CCCCOc1ccc(C(=O)C(CC)[S+]2CCOCC2)cc1. The van der Waals surface area contributed by atoms with Gasteiger partial charge in [0, 0.05) is 16.5 Å². The van der Waals surface area contributed by atoms with Gasteiger partial charge in [-0.05, 0) is 37.1 Å². The maximum Gasteiger partial charge on any atom is 0.214 e. The van der Waals surface area contributed by atoms with E-state index in [0.717, 1.165) is 61.9 Å². The van der Waals surface area contributed by atoms with Crippen LogP contribution < -0.4 is 4.74 Å². The van der Waals surface area contributed by atoms with Crippen LogP contribution >= 0.6 is 0 Å². The Labute approximate surface area is 136 Å². The van der Waals surface area contributed by atoms with Crippen LogP contribution in [0.3, 0.4) is 0 Å². The van der Waals surface area contributed by atoms with Gasteiger partial charge in [0.25, 0.3) is 0 Å². The Bertz CT molecular complexity index is 452. The van der Waals surface area contributed by atoms with Crippen LogP contribution in [0.25, 0.3) is 0 Å². The van der Waals surface area contributed by atoms with Crippen LogP contribution in [0.1, 0.15) is 43.5 Å². The largest absolute Gasteiger partial charge is 0.494 e. The molecule has 122 valence electrons. The normalized spacial score (nSPS) is 17.2. The maximum atomic E-state index is 12.8. The monoisotopic (exact) mass is 323 g/mol. The second-order valence-corrected chi connectivity index (χ2v) is 8.01. The lowest BCUT2D eigenvalue weighted by Gasteiger charge is -2.21. The van der Waals surface area contributed by atoms with Crippen LogP contribution in [-0.4, -0.2) is 42.4 Å². The Balaban J connectivity index is 1.97. The van der Waals surface area contributed by atoms with Crippen molar-refractivity contribution in [2.24, 2.45) is 0 Å². The van der Waals surface area contributed by atoms with E-state index in [1.54, 1.807) is 0 Å². The van der Waals surface area contributed by atoms with Gasteiger partial charge in [-0.2, -0.15) is 0 Å². The first-order chi connectivity index (χ1) is 10.8. The maximum absolute atomic E-state index is 12.8. The number of rotatable bonds is 8. The number of ether oxygens (including phenoxy) is 2. The molecule has 1 atom stereocenters. The molecule has 0 aromatic heterocycles. The van der Waals surface area contributed by atoms with Gasteiger partial charge in [-0.25, -0.2) is 0 Å². The zero-order valence-corrected chi connectivity index (χ0v) is 14.5. The average Bonchev–Trinajstić information content (AvgIpc) is 2.57. The number of hydrogen-bond donors (Lipinski definition) is 0. The van der Waals surface area contributed by atoms with Crippen molar-refractivity contribution in [3.63, 3.8) is 0 Å². The second kappa shape index (κ2) is 9.21. The summed E-state index contributed by atoms with van der Waals surface area (Å²) in [5.74, 6) is 3.20. The summed E-state index contributed by atoms with van der Waals surface area (Å²) in [5, 5.41) is 0.149. The van der Waals surface area contributed by atoms with Crippen molar-refractivity contribution >= 4 is 16.7 Å². The fourth-order valence-electron chi connectivity index (χ4n) is 2.63. The van der Waals surface area contributed by atoms with Gasteiger partial charge in [0.2, 0.25) is 5.78 Å². The Morgan fingerprint density at radius 1 is 1.23 bits per heavy atom. The minimum atomic E-state index is 0.149. The molecule has 1 saturated heterocycles. The van der Waals surface area contributed by atoms with Crippen molar-refractivity contribution in [1.82, 2.24) is 0 Å². The Kier molecular flexibility index (Phi) is 7.26. The lowest BCUT2D eigenvalue weighted by molar-refractivity contribution is 0.0985. The molecule has 1 fully saturated rings. The third-order valence-electron chi connectivity index (χ3n) is 3.95. The van der Waals surface area contributed by atoms with Gasteiger partial charge in [-0.15, -0.1) is 0 Å². The number of benzene rings is 1. The van der Waals surface area contributed by atoms with Gasteiger partial charge in [-0.3, -0.25) is 4.79 Å². The molecule has 1 unspecified atom stereocenters. The lowest BCUT2D eigenvalue weighted by Crippen LogP contribution is -2.39. The summed E-state index contributed by atoms with van der Waals surface area (Å²) in [5.41, 5.74) is 0.814. The summed E-state index contributed by atoms with van der Waals surface area (Å²) in [7, 11) is 0.170. The van der Waals surface area contributed by atoms with Crippen LogP contribution in [0, 0.1) is 0 Å². The second-order valence-electron chi connectivity index (χ2n) is 5.55. The summed E-state index contributed by atoms with van der Waals surface area (Å²) in [6.07, 6.45) is 3.10. The van der Waals surface area contributed by atoms with Gasteiger partial charge < -0.3 is 9.47 Å². The molecule has 3 nitrogen and oxygen atoms in total. The van der Waals surface area contributed by atoms with E-state index >= 15 is 0 Å². The molecular formula is C18H27O3S+. The topological polar surface area (TPSA) is 35.5 Å². The van der Waals surface area contributed by atoms with E-state index < -0.39 is 0 Å². The highest BCUT2D eigenvalue weighted by Crippen LogP contribution is 2.21. The highest BCUT2D eigenvalue weighted by Gasteiger charge is 2.37. The van der Waals surface area contributed by atoms with Crippen molar-refractivity contribution in [2.75, 3.05) is 31.3 Å². The van der Waals surface area contributed by atoms with Crippen LogP contribution in [0.2, 0.25) is 0 Å². The van der Waals surface area contributed by atoms with Crippen molar-refractivity contribution < 1.29 is 14.3 Å². The molecule has 1 aromatic carbocycles. The molecule has 22 heavy (non-hydrogen) atoms. The molecule has 0 spiro atoms. The van der Waals surface area contributed by atoms with Crippen LogP contribution in [0.15, 0.2) is 24.3 Å². The molecule has 1 heterocycles. The fourth-order valence-corrected chi connectivity index (χ4v) is 4.98. The average molecular weight is 323 g/mol. The van der Waals surface area contributed by atoms with E-state index in [4.69, 9.17) is 9.47 Å². The third-order valence-corrected chi connectivity index (χ3v) is 6.69. The smallest absolute Gasteiger partial charge is 0.214 e. The van der Waals surface area contributed by atoms with Crippen LogP contribution in [0.4, 0.5) is 0 Å². The molecule has 0 bridgehead atoms. The number of carbonyl (C=O) groups is 1. The molecule has 0 radical (unpaired) electrons. The summed E-state index contributed by atoms with van der Waals surface area (Å²) in [6.45, 7) is 6.61. The summed E-state index contributed by atoms with van der Waals surface area (Å²) >= 11 is 0. The zero-order valence-electron chi connectivity index (χ0n) is 13.7. The van der Waals surface area contributed by atoms with Gasteiger partial charge in [0.05, 0.1) is 19.8 Å². The van der Waals surface area contributed by atoms with Gasteiger partial charge >= 0.3 is 0 Å². The number of hydrogen-bond acceptors (Lipinski definition) is 3. The first-order valence-electron chi connectivity index (χ1n) is 8.27. The standard InChI is InChI=1S/C18H27O3S/c1-3-5-10-21-16-8-6-15(7-9-16)18(19)17(4-2)22-13-11-20-12-14-22/h6-9,17H,3-5,10-14H2,1-2H3/q+1. The zero-order chi connectivity index (χ0) is 15.8. The highest BCUT2D eigenvalue weighted by atomic mass is 32.2. The molecule has 1 aliphatic heterocycles. The minimum absolute atomic E-state index is 0.149. The van der Waals surface area contributed by atoms with Crippen molar-refractivity contribution in [1.29, 1.82) is 0 Å². The number of carbonyl (C=O) groups excluding carboxylic acids is 1. The molecule has 0 aliphatic carbocycles. The molecule has 1 aliphatic rings. The third kappa shape index (κ3) is 4.75. The van der Waals surface area contributed by atoms with Crippen molar-refractivity contribution in [2.45, 2.75) is 38.4 Å². The first-order valence-corrected chi connectivity index (χ1v) is 9.90. The van der Waals surface area contributed by atoms with E-state index in [0.29, 0.717) is 0 Å². The number of ketones is 1. The molecule has 0 amide bonds. The summed E-state index contributed by atoms with van der Waals surface area (Å²) in [6, 6.07) is 7.66. The molecule has 1 aromatic rings. The van der Waals surface area contributed by atoms with E-state index in [2.05, 4.69) is 13.8 Å². The molecule has 0 N–H and O–H groups in total.